The summed E-state index contributed by atoms with van der Waals surface area (Å²) in [5, 5.41) is 2.76. The van der Waals surface area contributed by atoms with E-state index >= 15 is 0 Å². The van der Waals surface area contributed by atoms with E-state index in [1.807, 2.05) is 19.1 Å². The van der Waals surface area contributed by atoms with Crippen molar-refractivity contribution in [1.82, 2.24) is 0 Å². The minimum atomic E-state index is -3.58. The first-order valence-corrected chi connectivity index (χ1v) is 10.2. The molecular weight excluding hydrogens is 368 g/mol. The quantitative estimate of drug-likeness (QED) is 0.747. The molecule has 2 rings (SSSR count). The molecule has 2 aromatic carbocycles. The fraction of sp³-hybridized carbons (Fsp3) is 0.316. The van der Waals surface area contributed by atoms with E-state index in [9.17, 15) is 13.2 Å². The number of methoxy groups -OCH3 is 2. The molecule has 0 heterocycles. The van der Waals surface area contributed by atoms with Gasteiger partial charge in [-0.2, -0.15) is 0 Å². The van der Waals surface area contributed by atoms with Crippen LogP contribution in [-0.4, -0.2) is 41.3 Å². The number of benzene rings is 2. The van der Waals surface area contributed by atoms with Gasteiger partial charge in [-0.05, 0) is 31.2 Å². The first-order valence-electron chi connectivity index (χ1n) is 8.31. The molecule has 0 radical (unpaired) electrons. The molecule has 0 spiro atoms. The third-order valence-electron chi connectivity index (χ3n) is 3.93. The first kappa shape index (κ1) is 20.6. The van der Waals surface area contributed by atoms with E-state index in [0.717, 1.165) is 11.8 Å². The highest BCUT2D eigenvalue weighted by Gasteiger charge is 2.20. The maximum atomic E-state index is 12.2. The number of carbonyl (C=O) groups excluding carboxylic acids is 1. The summed E-state index contributed by atoms with van der Waals surface area (Å²) in [6.45, 7) is 1.96. The van der Waals surface area contributed by atoms with Gasteiger partial charge in [0.25, 0.3) is 0 Å². The zero-order valence-electron chi connectivity index (χ0n) is 15.9. The molecule has 1 amide bonds. The SMILES string of the molecule is COc1ccc(N(CCC(=O)Nc2ccc(C)cc2)S(C)(=O)=O)cc1OC. The van der Waals surface area contributed by atoms with Crippen molar-refractivity contribution in [1.29, 1.82) is 0 Å². The van der Waals surface area contributed by atoms with Gasteiger partial charge >= 0.3 is 0 Å². The maximum absolute atomic E-state index is 12.2. The van der Waals surface area contributed by atoms with E-state index in [0.29, 0.717) is 22.9 Å². The van der Waals surface area contributed by atoms with Crippen molar-refractivity contribution in [2.24, 2.45) is 0 Å². The monoisotopic (exact) mass is 392 g/mol. The third kappa shape index (κ3) is 5.62. The molecule has 0 bridgehead atoms. The Bertz CT molecular complexity index is 895. The molecule has 0 saturated carbocycles. The summed E-state index contributed by atoms with van der Waals surface area (Å²) < 4.78 is 36.0. The Morgan fingerprint density at radius 1 is 1.04 bits per heavy atom. The molecule has 146 valence electrons. The summed E-state index contributed by atoms with van der Waals surface area (Å²) in [6, 6.07) is 12.2. The zero-order chi connectivity index (χ0) is 20.0. The van der Waals surface area contributed by atoms with Gasteiger partial charge in [0.15, 0.2) is 11.5 Å². The van der Waals surface area contributed by atoms with Crippen LogP contribution in [0, 0.1) is 6.92 Å². The Kier molecular flexibility index (Phi) is 6.68. The lowest BCUT2D eigenvalue weighted by atomic mass is 10.2. The van der Waals surface area contributed by atoms with Crippen LogP contribution < -0.4 is 19.1 Å². The highest BCUT2D eigenvalue weighted by atomic mass is 32.2. The van der Waals surface area contributed by atoms with Gasteiger partial charge in [0.05, 0.1) is 26.2 Å². The van der Waals surface area contributed by atoms with Gasteiger partial charge in [0.2, 0.25) is 15.9 Å². The lowest BCUT2D eigenvalue weighted by molar-refractivity contribution is -0.116. The molecular formula is C19H24N2O5S. The smallest absolute Gasteiger partial charge is 0.232 e. The molecule has 0 aliphatic carbocycles. The van der Waals surface area contributed by atoms with Crippen molar-refractivity contribution < 1.29 is 22.7 Å². The molecule has 0 unspecified atom stereocenters. The second kappa shape index (κ2) is 8.77. The molecule has 0 aliphatic heterocycles. The summed E-state index contributed by atoms with van der Waals surface area (Å²) >= 11 is 0. The van der Waals surface area contributed by atoms with Crippen LogP contribution in [0.1, 0.15) is 12.0 Å². The second-order valence-electron chi connectivity index (χ2n) is 6.04. The molecule has 7 nitrogen and oxygen atoms in total. The van der Waals surface area contributed by atoms with E-state index in [2.05, 4.69) is 5.32 Å². The number of nitrogens with one attached hydrogen (secondary N) is 1. The number of hydrogen-bond donors (Lipinski definition) is 1. The fourth-order valence-corrected chi connectivity index (χ4v) is 3.45. The molecule has 8 heteroatoms. The van der Waals surface area contributed by atoms with E-state index in [4.69, 9.17) is 9.47 Å². The van der Waals surface area contributed by atoms with Crippen LogP contribution in [0.4, 0.5) is 11.4 Å². The second-order valence-corrected chi connectivity index (χ2v) is 7.95. The number of ether oxygens (including phenoxy) is 2. The van der Waals surface area contributed by atoms with Crippen LogP contribution >= 0.6 is 0 Å². The Balaban J connectivity index is 2.13. The number of sulfonamides is 1. The molecule has 1 N–H and O–H groups in total. The zero-order valence-corrected chi connectivity index (χ0v) is 16.7. The molecule has 0 fully saturated rings. The number of nitrogens with zero attached hydrogens (tertiary/aromatic N) is 1. The summed E-state index contributed by atoms with van der Waals surface area (Å²) in [6.07, 6.45) is 1.11. The summed E-state index contributed by atoms with van der Waals surface area (Å²) in [4.78, 5) is 12.2. The van der Waals surface area contributed by atoms with Gasteiger partial charge in [0, 0.05) is 24.7 Å². The third-order valence-corrected chi connectivity index (χ3v) is 5.13. The lowest BCUT2D eigenvalue weighted by Crippen LogP contribution is -2.33. The van der Waals surface area contributed by atoms with Crippen LogP contribution in [0.3, 0.4) is 0 Å². The molecule has 0 aromatic heterocycles. The Hall–Kier alpha value is -2.74. The molecule has 0 atom stereocenters. The summed E-state index contributed by atoms with van der Waals surface area (Å²) in [5.41, 5.74) is 2.16. The van der Waals surface area contributed by atoms with Gasteiger partial charge in [-0.15, -0.1) is 0 Å². The number of rotatable bonds is 8. The van der Waals surface area contributed by atoms with E-state index in [1.165, 1.54) is 18.5 Å². The van der Waals surface area contributed by atoms with Crippen molar-refractivity contribution in [3.63, 3.8) is 0 Å². The Morgan fingerprint density at radius 2 is 1.67 bits per heavy atom. The maximum Gasteiger partial charge on any atom is 0.232 e. The highest BCUT2D eigenvalue weighted by molar-refractivity contribution is 7.92. The number of anilines is 2. The van der Waals surface area contributed by atoms with E-state index in [-0.39, 0.29) is 18.9 Å². The Labute approximate surface area is 160 Å². The first-order chi connectivity index (χ1) is 12.7. The number of carbonyl (C=O) groups is 1. The van der Waals surface area contributed by atoms with Crippen molar-refractivity contribution in [2.75, 3.05) is 36.6 Å². The number of hydrogen-bond acceptors (Lipinski definition) is 5. The van der Waals surface area contributed by atoms with Crippen LogP contribution in [0.2, 0.25) is 0 Å². The average Bonchev–Trinajstić information content (AvgIpc) is 2.62. The van der Waals surface area contributed by atoms with Gasteiger partial charge in [-0.25, -0.2) is 8.42 Å². The lowest BCUT2D eigenvalue weighted by Gasteiger charge is -2.23. The fourth-order valence-electron chi connectivity index (χ4n) is 2.53. The molecule has 2 aromatic rings. The minimum absolute atomic E-state index is 0.00596. The normalized spacial score (nSPS) is 11.0. The Morgan fingerprint density at radius 3 is 2.22 bits per heavy atom. The molecule has 27 heavy (non-hydrogen) atoms. The van der Waals surface area contributed by atoms with Crippen LogP contribution in [0.25, 0.3) is 0 Å². The summed E-state index contributed by atoms with van der Waals surface area (Å²) in [7, 11) is -0.605. The van der Waals surface area contributed by atoms with Gasteiger partial charge < -0.3 is 14.8 Å². The van der Waals surface area contributed by atoms with Gasteiger partial charge in [0.1, 0.15) is 0 Å². The highest BCUT2D eigenvalue weighted by Crippen LogP contribution is 2.32. The van der Waals surface area contributed by atoms with Crippen LogP contribution in [0.15, 0.2) is 42.5 Å². The molecule has 0 saturated heterocycles. The number of aryl methyl sites for hydroxylation is 1. The molecule has 0 aliphatic rings. The minimum Gasteiger partial charge on any atom is -0.493 e. The summed E-state index contributed by atoms with van der Waals surface area (Å²) in [5.74, 6) is 0.632. The number of amides is 1. The van der Waals surface area contributed by atoms with Crippen molar-refractivity contribution >= 4 is 27.3 Å². The van der Waals surface area contributed by atoms with Crippen molar-refractivity contribution in [2.45, 2.75) is 13.3 Å². The van der Waals surface area contributed by atoms with Crippen LogP contribution in [0.5, 0.6) is 11.5 Å². The van der Waals surface area contributed by atoms with E-state index < -0.39 is 10.0 Å². The predicted molar refractivity (Wildman–Crippen MR) is 106 cm³/mol. The van der Waals surface area contributed by atoms with Gasteiger partial charge in [-0.1, -0.05) is 17.7 Å². The average molecular weight is 392 g/mol. The van der Waals surface area contributed by atoms with Crippen molar-refractivity contribution in [3.05, 3.63) is 48.0 Å². The largest absolute Gasteiger partial charge is 0.493 e. The predicted octanol–water partition coefficient (Wildman–Crippen LogP) is 2.81. The van der Waals surface area contributed by atoms with Crippen molar-refractivity contribution in [3.8, 4) is 11.5 Å². The van der Waals surface area contributed by atoms with E-state index in [1.54, 1.807) is 30.3 Å². The topological polar surface area (TPSA) is 84.9 Å². The standard InChI is InChI=1S/C19H24N2O5S/c1-14-5-7-15(8-6-14)20-19(22)11-12-21(27(4,23)24)16-9-10-17(25-2)18(13-16)26-3/h5-10,13H,11-12H2,1-4H3,(H,20,22). The van der Waals surface area contributed by atoms with Gasteiger partial charge in [-0.3, -0.25) is 9.10 Å². The van der Waals surface area contributed by atoms with Crippen LogP contribution in [-0.2, 0) is 14.8 Å².